The van der Waals surface area contributed by atoms with E-state index in [4.69, 9.17) is 0 Å². The molecule has 0 fully saturated rings. The minimum atomic E-state index is 1.13. The van der Waals surface area contributed by atoms with Crippen molar-refractivity contribution in [3.8, 4) is 0 Å². The minimum absolute atomic E-state index is 1.13. The first-order chi connectivity index (χ1) is 5.41. The summed E-state index contributed by atoms with van der Waals surface area (Å²) in [5.41, 5.74) is 0. The van der Waals surface area contributed by atoms with E-state index in [2.05, 4.69) is 31.7 Å². The van der Waals surface area contributed by atoms with Gasteiger partial charge in [0.25, 0.3) is 0 Å². The van der Waals surface area contributed by atoms with Crippen molar-refractivity contribution in [2.45, 2.75) is 32.6 Å². The molecule has 0 bridgehead atoms. The molecule has 0 unspecified atom stereocenters. The second-order valence-corrected chi connectivity index (χ2v) is 2.50. The van der Waals surface area contributed by atoms with Gasteiger partial charge in [0.05, 0.1) is 0 Å². The van der Waals surface area contributed by atoms with Crippen LogP contribution in [0.15, 0.2) is 37.0 Å². The van der Waals surface area contributed by atoms with Crippen LogP contribution >= 0.6 is 0 Å². The number of rotatable bonds is 6. The first-order valence-corrected chi connectivity index (χ1v) is 4.34. The van der Waals surface area contributed by atoms with Crippen LogP contribution in [-0.2, 0) is 0 Å². The van der Waals surface area contributed by atoms with Crippen LogP contribution in [0.1, 0.15) is 32.6 Å². The largest absolute Gasteiger partial charge is 0.0991 e. The van der Waals surface area contributed by atoms with Crippen LogP contribution < -0.4 is 0 Å². The Morgan fingerprint density at radius 3 is 2.27 bits per heavy atom. The molecule has 62 valence electrons. The molecule has 0 atom stereocenters. The topological polar surface area (TPSA) is 0 Å². The Kier molecular flexibility index (Phi) is 8.57. The lowest BCUT2D eigenvalue weighted by Crippen LogP contribution is -1.65. The van der Waals surface area contributed by atoms with Gasteiger partial charge >= 0.3 is 0 Å². The molecule has 0 aliphatic rings. The van der Waals surface area contributed by atoms with Gasteiger partial charge in [0.1, 0.15) is 0 Å². The zero-order chi connectivity index (χ0) is 8.36. The average molecular weight is 150 g/mol. The third-order valence-corrected chi connectivity index (χ3v) is 1.39. The second-order valence-electron chi connectivity index (χ2n) is 2.50. The van der Waals surface area contributed by atoms with E-state index in [0.29, 0.717) is 0 Å². The molecule has 0 rings (SSSR count). The fourth-order valence-corrected chi connectivity index (χ4v) is 0.787. The van der Waals surface area contributed by atoms with Crippen molar-refractivity contribution in [1.82, 2.24) is 0 Å². The highest BCUT2D eigenvalue weighted by Gasteiger charge is 1.75. The third kappa shape index (κ3) is 9.22. The Hall–Kier alpha value is -0.780. The molecule has 11 heavy (non-hydrogen) atoms. The summed E-state index contributed by atoms with van der Waals surface area (Å²) >= 11 is 0. The smallest absolute Gasteiger partial charge is 0.0313 e. The van der Waals surface area contributed by atoms with Crippen LogP contribution in [0.25, 0.3) is 0 Å². The van der Waals surface area contributed by atoms with E-state index >= 15 is 0 Å². The highest BCUT2D eigenvalue weighted by molar-refractivity contribution is 4.98. The Labute approximate surface area is 70.3 Å². The van der Waals surface area contributed by atoms with Gasteiger partial charge in [-0.1, -0.05) is 50.3 Å². The van der Waals surface area contributed by atoms with Crippen molar-refractivity contribution >= 4 is 0 Å². The normalized spacial score (nSPS) is 11.4. The number of unbranched alkanes of at least 4 members (excludes halogenated alkanes) is 2. The number of hydrogen-bond acceptors (Lipinski definition) is 0. The van der Waals surface area contributed by atoms with Gasteiger partial charge in [-0.05, 0) is 19.3 Å². The summed E-state index contributed by atoms with van der Waals surface area (Å²) in [4.78, 5) is 0. The summed E-state index contributed by atoms with van der Waals surface area (Å²) < 4.78 is 0. The zero-order valence-corrected chi connectivity index (χ0v) is 7.42. The maximum Gasteiger partial charge on any atom is -0.0313 e. The molecule has 0 spiro atoms. The lowest BCUT2D eigenvalue weighted by Gasteiger charge is -1.85. The van der Waals surface area contributed by atoms with Crippen LogP contribution in [0.4, 0.5) is 0 Å². The maximum absolute atomic E-state index is 3.60. The lowest BCUT2D eigenvalue weighted by molar-refractivity contribution is 0.943. The van der Waals surface area contributed by atoms with E-state index in [9.17, 15) is 0 Å². The molecule has 0 heteroatoms. The highest BCUT2D eigenvalue weighted by atomic mass is 13.8. The van der Waals surface area contributed by atoms with Crippen LogP contribution in [0.3, 0.4) is 0 Å². The average Bonchev–Trinajstić information content (AvgIpc) is 2.03. The first-order valence-electron chi connectivity index (χ1n) is 4.34. The molecule has 0 saturated heterocycles. The van der Waals surface area contributed by atoms with Gasteiger partial charge in [-0.25, -0.2) is 0 Å². The highest BCUT2D eigenvalue weighted by Crippen LogP contribution is 1.95. The summed E-state index contributed by atoms with van der Waals surface area (Å²) in [6.45, 7) is 5.80. The number of allylic oxidation sites excluding steroid dienone is 5. The molecular formula is C11H18. The van der Waals surface area contributed by atoms with Crippen LogP contribution in [0.2, 0.25) is 0 Å². The van der Waals surface area contributed by atoms with Gasteiger partial charge in [0.15, 0.2) is 0 Å². The standard InChI is InChI=1S/C11H18/c1-3-5-7-9-11-10-8-6-4-2/h3,5,7-8,10H,1,4,6,9,11H2,2H3. The molecule has 0 aromatic carbocycles. The van der Waals surface area contributed by atoms with E-state index in [1.165, 1.54) is 12.8 Å². The summed E-state index contributed by atoms with van der Waals surface area (Å²) in [5, 5.41) is 0. The summed E-state index contributed by atoms with van der Waals surface area (Å²) in [7, 11) is 0. The zero-order valence-electron chi connectivity index (χ0n) is 7.42. The molecular weight excluding hydrogens is 132 g/mol. The van der Waals surface area contributed by atoms with E-state index in [0.717, 1.165) is 12.8 Å². The summed E-state index contributed by atoms with van der Waals surface area (Å²) in [5.74, 6) is 0. The fourth-order valence-electron chi connectivity index (χ4n) is 0.787. The van der Waals surface area contributed by atoms with E-state index in [1.807, 2.05) is 12.2 Å². The molecule has 0 radical (unpaired) electrons. The van der Waals surface area contributed by atoms with Crippen molar-refractivity contribution < 1.29 is 0 Å². The Morgan fingerprint density at radius 2 is 1.64 bits per heavy atom. The molecule has 0 aliphatic heterocycles. The van der Waals surface area contributed by atoms with Crippen LogP contribution in [0.5, 0.6) is 0 Å². The first kappa shape index (κ1) is 10.2. The van der Waals surface area contributed by atoms with E-state index < -0.39 is 0 Å². The minimum Gasteiger partial charge on any atom is -0.0991 e. The molecule has 0 saturated carbocycles. The number of hydrogen-bond donors (Lipinski definition) is 0. The van der Waals surface area contributed by atoms with Crippen LogP contribution in [0, 0.1) is 0 Å². The molecule has 0 N–H and O–H groups in total. The molecule has 0 aromatic rings. The van der Waals surface area contributed by atoms with Gasteiger partial charge in [-0.3, -0.25) is 0 Å². The van der Waals surface area contributed by atoms with Gasteiger partial charge in [0, 0.05) is 0 Å². The quantitative estimate of drug-likeness (QED) is 0.306. The third-order valence-electron chi connectivity index (χ3n) is 1.39. The maximum atomic E-state index is 3.60. The lowest BCUT2D eigenvalue weighted by atomic mass is 10.2. The predicted octanol–water partition coefficient (Wildman–Crippen LogP) is 3.87. The van der Waals surface area contributed by atoms with Crippen LogP contribution in [-0.4, -0.2) is 0 Å². The Bertz CT molecular complexity index is 129. The van der Waals surface area contributed by atoms with Gasteiger partial charge in [-0.15, -0.1) is 0 Å². The van der Waals surface area contributed by atoms with E-state index in [-0.39, 0.29) is 0 Å². The van der Waals surface area contributed by atoms with Crippen molar-refractivity contribution in [2.24, 2.45) is 0 Å². The van der Waals surface area contributed by atoms with E-state index in [1.54, 1.807) is 0 Å². The van der Waals surface area contributed by atoms with Gasteiger partial charge < -0.3 is 0 Å². The molecule has 0 heterocycles. The van der Waals surface area contributed by atoms with Crippen molar-refractivity contribution in [2.75, 3.05) is 0 Å². The molecule has 0 aliphatic carbocycles. The van der Waals surface area contributed by atoms with Crippen molar-refractivity contribution in [1.29, 1.82) is 0 Å². The molecule has 0 nitrogen and oxygen atoms in total. The van der Waals surface area contributed by atoms with Crippen molar-refractivity contribution in [3.05, 3.63) is 37.0 Å². The summed E-state index contributed by atoms with van der Waals surface area (Å²) in [6, 6.07) is 0. The fraction of sp³-hybridized carbons (Fsp3) is 0.455. The van der Waals surface area contributed by atoms with Gasteiger partial charge in [0.2, 0.25) is 0 Å². The predicted molar refractivity (Wildman–Crippen MR) is 52.6 cm³/mol. The van der Waals surface area contributed by atoms with Gasteiger partial charge in [-0.2, -0.15) is 0 Å². The Balaban J connectivity index is 3.12. The Morgan fingerprint density at radius 1 is 1.00 bits per heavy atom. The molecule has 0 amide bonds. The SMILES string of the molecule is C=CC=CCCC=CCCC. The monoisotopic (exact) mass is 150 g/mol. The molecule has 0 aromatic heterocycles. The second kappa shape index (κ2) is 9.22. The van der Waals surface area contributed by atoms with Crippen molar-refractivity contribution in [3.63, 3.8) is 0 Å². The summed E-state index contributed by atoms with van der Waals surface area (Å²) in [6.07, 6.45) is 15.2.